The maximum atomic E-state index is 13.0. The zero-order valence-corrected chi connectivity index (χ0v) is 14.2. The summed E-state index contributed by atoms with van der Waals surface area (Å²) in [4.78, 5) is 12.5. The fraction of sp³-hybridized carbons (Fsp3) is 0.190. The number of halogens is 1. The highest BCUT2D eigenvalue weighted by Gasteiger charge is 2.18. The van der Waals surface area contributed by atoms with Crippen molar-refractivity contribution in [3.8, 4) is 0 Å². The van der Waals surface area contributed by atoms with Crippen molar-refractivity contribution < 1.29 is 9.18 Å². The third-order valence-corrected chi connectivity index (χ3v) is 4.32. The number of amides is 1. The Kier molecular flexibility index (Phi) is 5.29. The number of hydrogen-bond donors (Lipinski definition) is 1. The lowest BCUT2D eigenvalue weighted by molar-refractivity contribution is -0.121. The summed E-state index contributed by atoms with van der Waals surface area (Å²) in [5.74, 6) is -0.312. The van der Waals surface area contributed by atoms with Gasteiger partial charge in [0, 0.05) is 18.9 Å². The minimum Gasteiger partial charge on any atom is -0.352 e. The topological polar surface area (TPSA) is 34.0 Å². The van der Waals surface area contributed by atoms with Gasteiger partial charge in [-0.25, -0.2) is 4.39 Å². The number of benzene rings is 2. The van der Waals surface area contributed by atoms with Crippen LogP contribution in [-0.2, 0) is 11.3 Å². The van der Waals surface area contributed by atoms with Crippen LogP contribution < -0.4 is 5.32 Å². The highest BCUT2D eigenvalue weighted by atomic mass is 19.1. The van der Waals surface area contributed by atoms with Crippen LogP contribution in [0.25, 0.3) is 0 Å². The molecule has 1 heterocycles. The molecule has 4 heteroatoms. The molecule has 0 radical (unpaired) electrons. The molecule has 128 valence electrons. The van der Waals surface area contributed by atoms with Crippen LogP contribution in [0.4, 0.5) is 4.39 Å². The summed E-state index contributed by atoms with van der Waals surface area (Å²) >= 11 is 0. The Labute approximate surface area is 147 Å². The molecule has 0 fully saturated rings. The lowest BCUT2D eigenvalue weighted by Gasteiger charge is -2.21. The van der Waals surface area contributed by atoms with E-state index >= 15 is 0 Å². The Hall–Kier alpha value is -2.88. The second-order valence-electron chi connectivity index (χ2n) is 6.11. The zero-order valence-electron chi connectivity index (χ0n) is 14.2. The van der Waals surface area contributed by atoms with Gasteiger partial charge in [0.25, 0.3) is 0 Å². The second-order valence-corrected chi connectivity index (χ2v) is 6.11. The van der Waals surface area contributed by atoms with Gasteiger partial charge in [0.15, 0.2) is 0 Å². The third kappa shape index (κ3) is 4.35. The summed E-state index contributed by atoms with van der Waals surface area (Å²) in [5, 5.41) is 2.93. The third-order valence-electron chi connectivity index (χ3n) is 4.32. The number of aryl methyl sites for hydroxylation is 1. The van der Waals surface area contributed by atoms with E-state index in [-0.39, 0.29) is 17.8 Å². The van der Waals surface area contributed by atoms with Crippen molar-refractivity contribution in [3.63, 3.8) is 0 Å². The summed E-state index contributed by atoms with van der Waals surface area (Å²) in [7, 11) is 0. The largest absolute Gasteiger partial charge is 0.352 e. The van der Waals surface area contributed by atoms with E-state index in [9.17, 15) is 9.18 Å². The van der Waals surface area contributed by atoms with Crippen molar-refractivity contribution in [1.29, 1.82) is 0 Å². The zero-order chi connectivity index (χ0) is 17.6. The van der Waals surface area contributed by atoms with E-state index in [1.807, 2.05) is 36.7 Å². The molecule has 0 aliphatic rings. The van der Waals surface area contributed by atoms with E-state index in [1.165, 1.54) is 12.1 Å². The van der Waals surface area contributed by atoms with Crippen molar-refractivity contribution in [2.45, 2.75) is 25.9 Å². The van der Waals surface area contributed by atoms with Gasteiger partial charge in [-0.1, -0.05) is 36.4 Å². The molecule has 3 nitrogen and oxygen atoms in total. The summed E-state index contributed by atoms with van der Waals surface area (Å²) in [6, 6.07) is 18.1. The van der Waals surface area contributed by atoms with Crippen LogP contribution in [0, 0.1) is 12.7 Å². The van der Waals surface area contributed by atoms with Crippen molar-refractivity contribution in [2.75, 3.05) is 0 Å². The predicted molar refractivity (Wildman–Crippen MR) is 96.6 cm³/mol. The SMILES string of the molecule is Cc1ccccc1C(CC(=O)NCc1ccc(F)cc1)n1cccc1. The van der Waals surface area contributed by atoms with E-state index in [2.05, 4.69) is 28.9 Å². The molecule has 1 aromatic heterocycles. The molecule has 25 heavy (non-hydrogen) atoms. The monoisotopic (exact) mass is 336 g/mol. The minimum absolute atomic E-state index is 0.0359. The molecule has 0 spiro atoms. The lowest BCUT2D eigenvalue weighted by Crippen LogP contribution is -2.26. The van der Waals surface area contributed by atoms with E-state index in [4.69, 9.17) is 0 Å². The predicted octanol–water partition coefficient (Wildman–Crippen LogP) is 4.23. The maximum absolute atomic E-state index is 13.0. The molecule has 3 rings (SSSR count). The molecular weight excluding hydrogens is 315 g/mol. The number of nitrogens with one attached hydrogen (secondary N) is 1. The van der Waals surface area contributed by atoms with Crippen molar-refractivity contribution in [1.82, 2.24) is 9.88 Å². The van der Waals surface area contributed by atoms with Crippen LogP contribution in [0.1, 0.15) is 29.2 Å². The molecule has 3 aromatic rings. The Morgan fingerprint density at radius 1 is 1.04 bits per heavy atom. The molecule has 0 aliphatic heterocycles. The quantitative estimate of drug-likeness (QED) is 0.718. The van der Waals surface area contributed by atoms with E-state index in [0.717, 1.165) is 16.7 Å². The molecule has 1 atom stereocenters. The van der Waals surface area contributed by atoms with Crippen LogP contribution in [0.15, 0.2) is 73.1 Å². The van der Waals surface area contributed by atoms with E-state index < -0.39 is 0 Å². The highest BCUT2D eigenvalue weighted by Crippen LogP contribution is 2.25. The first-order chi connectivity index (χ1) is 12.1. The van der Waals surface area contributed by atoms with Gasteiger partial charge >= 0.3 is 0 Å². The molecular formula is C21H21FN2O. The number of carbonyl (C=O) groups is 1. The van der Waals surface area contributed by atoms with Gasteiger partial charge in [-0.2, -0.15) is 0 Å². The number of carbonyl (C=O) groups excluding carboxylic acids is 1. The number of nitrogens with zero attached hydrogens (tertiary/aromatic N) is 1. The molecule has 0 saturated heterocycles. The first-order valence-electron chi connectivity index (χ1n) is 8.32. The first kappa shape index (κ1) is 17.0. The van der Waals surface area contributed by atoms with Gasteiger partial charge in [-0.3, -0.25) is 4.79 Å². The molecule has 1 N–H and O–H groups in total. The van der Waals surface area contributed by atoms with Crippen molar-refractivity contribution in [3.05, 3.63) is 95.6 Å². The molecule has 2 aromatic carbocycles. The van der Waals surface area contributed by atoms with Gasteiger partial charge in [0.1, 0.15) is 5.82 Å². The Balaban J connectivity index is 1.71. The Morgan fingerprint density at radius 2 is 1.72 bits per heavy atom. The van der Waals surface area contributed by atoms with Gasteiger partial charge in [0.05, 0.1) is 12.5 Å². The number of hydrogen-bond acceptors (Lipinski definition) is 1. The molecule has 0 saturated carbocycles. The second kappa shape index (κ2) is 7.79. The van der Waals surface area contributed by atoms with Gasteiger partial charge < -0.3 is 9.88 Å². The van der Waals surface area contributed by atoms with Crippen LogP contribution in [0.2, 0.25) is 0 Å². The summed E-state index contributed by atoms with van der Waals surface area (Å²) in [5.41, 5.74) is 3.17. The van der Waals surface area contributed by atoms with Crippen LogP contribution in [0.5, 0.6) is 0 Å². The van der Waals surface area contributed by atoms with Gasteiger partial charge in [-0.05, 0) is 47.9 Å². The summed E-state index contributed by atoms with van der Waals surface area (Å²) in [6.07, 6.45) is 4.30. The van der Waals surface area contributed by atoms with Crippen LogP contribution in [0.3, 0.4) is 0 Å². The minimum atomic E-state index is -0.276. The average Bonchev–Trinajstić information content (AvgIpc) is 3.14. The fourth-order valence-electron chi connectivity index (χ4n) is 2.94. The van der Waals surface area contributed by atoms with E-state index in [0.29, 0.717) is 13.0 Å². The Bertz CT molecular complexity index is 825. The lowest BCUT2D eigenvalue weighted by atomic mass is 9.98. The summed E-state index contributed by atoms with van der Waals surface area (Å²) < 4.78 is 15.0. The summed E-state index contributed by atoms with van der Waals surface area (Å²) in [6.45, 7) is 2.45. The standard InChI is InChI=1S/C21H21FN2O/c1-16-6-2-3-7-19(16)20(24-12-4-5-13-24)14-21(25)23-15-17-8-10-18(22)11-9-17/h2-13,20H,14-15H2,1H3,(H,23,25). The van der Waals surface area contributed by atoms with Crippen LogP contribution in [-0.4, -0.2) is 10.5 Å². The van der Waals surface area contributed by atoms with Crippen molar-refractivity contribution in [2.24, 2.45) is 0 Å². The fourth-order valence-corrected chi connectivity index (χ4v) is 2.94. The highest BCUT2D eigenvalue weighted by molar-refractivity contribution is 5.77. The van der Waals surface area contributed by atoms with E-state index in [1.54, 1.807) is 12.1 Å². The molecule has 0 bridgehead atoms. The molecule has 1 amide bonds. The van der Waals surface area contributed by atoms with Crippen molar-refractivity contribution >= 4 is 5.91 Å². The Morgan fingerprint density at radius 3 is 2.40 bits per heavy atom. The molecule has 0 aliphatic carbocycles. The smallest absolute Gasteiger partial charge is 0.222 e. The van der Waals surface area contributed by atoms with Gasteiger partial charge in [-0.15, -0.1) is 0 Å². The van der Waals surface area contributed by atoms with Gasteiger partial charge in [0.2, 0.25) is 5.91 Å². The number of aromatic nitrogens is 1. The maximum Gasteiger partial charge on any atom is 0.222 e. The average molecular weight is 336 g/mol. The first-order valence-corrected chi connectivity index (χ1v) is 8.32. The number of rotatable bonds is 6. The molecule has 1 unspecified atom stereocenters. The normalized spacial score (nSPS) is 11.9. The van der Waals surface area contributed by atoms with Crippen LogP contribution >= 0.6 is 0 Å².